The van der Waals surface area contributed by atoms with Crippen molar-refractivity contribution in [3.8, 4) is 39.4 Å². The number of hydrogen-bond donors (Lipinski definition) is 0. The largest absolute Gasteiger partial charge is 0.497 e. The molecule has 0 radical (unpaired) electrons. The fraction of sp³-hybridized carbons (Fsp3) is 0.0435. The molecule has 5 nitrogen and oxygen atoms in total. The van der Waals surface area contributed by atoms with Crippen LogP contribution in [0.4, 0.5) is 0 Å². The number of imidazole rings is 1. The zero-order valence-electron chi connectivity index (χ0n) is 15.2. The van der Waals surface area contributed by atoms with E-state index in [1.807, 2.05) is 54.9 Å². The molecule has 5 aromatic rings. The summed E-state index contributed by atoms with van der Waals surface area (Å²) >= 11 is 0. The molecule has 1 aromatic carbocycles. The van der Waals surface area contributed by atoms with E-state index in [2.05, 4.69) is 32.7 Å². The highest BCUT2D eigenvalue weighted by atomic mass is 16.5. The van der Waals surface area contributed by atoms with E-state index in [0.29, 0.717) is 0 Å². The molecule has 0 saturated carbocycles. The Kier molecular flexibility index (Phi) is 3.91. The number of hydrogen-bond acceptors (Lipinski definition) is 4. The Hall–Kier alpha value is -3.86. The van der Waals surface area contributed by atoms with Crippen LogP contribution in [-0.4, -0.2) is 21.5 Å². The van der Waals surface area contributed by atoms with Gasteiger partial charge in [0, 0.05) is 23.5 Å². The van der Waals surface area contributed by atoms with Crippen LogP contribution in [0.3, 0.4) is 0 Å². The molecule has 0 amide bonds. The molecular formula is C23H17N3O2. The maximum atomic E-state index is 5.36. The van der Waals surface area contributed by atoms with Crippen LogP contribution in [-0.2, 0) is 0 Å². The average molecular weight is 367 g/mol. The van der Waals surface area contributed by atoms with Crippen LogP contribution in [0.25, 0.3) is 39.3 Å². The molecule has 136 valence electrons. The van der Waals surface area contributed by atoms with Gasteiger partial charge in [0.25, 0.3) is 0 Å². The van der Waals surface area contributed by atoms with Gasteiger partial charge in [0.05, 0.1) is 37.2 Å². The fourth-order valence-electron chi connectivity index (χ4n) is 3.33. The van der Waals surface area contributed by atoms with Crippen LogP contribution in [0.15, 0.2) is 90.1 Å². The number of methoxy groups -OCH3 is 1. The second-order valence-electron chi connectivity index (χ2n) is 6.46. The van der Waals surface area contributed by atoms with E-state index in [1.165, 1.54) is 0 Å². The van der Waals surface area contributed by atoms with Gasteiger partial charge in [-0.1, -0.05) is 12.1 Å². The maximum absolute atomic E-state index is 5.36. The Morgan fingerprint density at radius 3 is 2.71 bits per heavy atom. The lowest BCUT2D eigenvalue weighted by molar-refractivity contribution is 0.415. The Morgan fingerprint density at radius 2 is 1.86 bits per heavy atom. The van der Waals surface area contributed by atoms with Crippen LogP contribution in [0.5, 0.6) is 5.75 Å². The summed E-state index contributed by atoms with van der Waals surface area (Å²) in [5, 5.41) is 0. The molecule has 0 aliphatic carbocycles. The van der Waals surface area contributed by atoms with E-state index < -0.39 is 0 Å². The molecule has 28 heavy (non-hydrogen) atoms. The third-order valence-corrected chi connectivity index (χ3v) is 4.78. The number of rotatable bonds is 4. The van der Waals surface area contributed by atoms with Crippen LogP contribution in [0.1, 0.15) is 0 Å². The summed E-state index contributed by atoms with van der Waals surface area (Å²) in [6.07, 6.45) is 9.15. The first-order valence-electron chi connectivity index (χ1n) is 8.92. The molecule has 4 heterocycles. The van der Waals surface area contributed by atoms with Crippen molar-refractivity contribution in [2.24, 2.45) is 0 Å². The van der Waals surface area contributed by atoms with Gasteiger partial charge in [-0.25, -0.2) is 4.98 Å². The molecular weight excluding hydrogens is 350 g/mol. The highest BCUT2D eigenvalue weighted by Crippen LogP contribution is 2.28. The first-order chi connectivity index (χ1) is 13.8. The Balaban J connectivity index is 1.62. The molecule has 5 heteroatoms. The molecule has 0 aliphatic rings. The summed E-state index contributed by atoms with van der Waals surface area (Å²) < 4.78 is 12.6. The normalized spacial score (nSPS) is 11.0. The minimum Gasteiger partial charge on any atom is -0.497 e. The minimum atomic E-state index is 0.835. The molecule has 0 saturated heterocycles. The van der Waals surface area contributed by atoms with Gasteiger partial charge in [-0.3, -0.25) is 9.38 Å². The van der Waals surface area contributed by atoms with E-state index in [4.69, 9.17) is 9.15 Å². The number of aromatic nitrogens is 3. The molecule has 0 N–H and O–H groups in total. The summed E-state index contributed by atoms with van der Waals surface area (Å²) in [5.74, 6) is 0.835. The first kappa shape index (κ1) is 16.3. The van der Waals surface area contributed by atoms with Crippen molar-refractivity contribution < 1.29 is 9.15 Å². The maximum Gasteiger partial charge on any atom is 0.137 e. The zero-order chi connectivity index (χ0) is 18.9. The minimum absolute atomic E-state index is 0.835. The molecule has 0 bridgehead atoms. The molecule has 0 aliphatic heterocycles. The lowest BCUT2D eigenvalue weighted by Gasteiger charge is -2.08. The fourth-order valence-corrected chi connectivity index (χ4v) is 3.33. The first-order valence-corrected chi connectivity index (χ1v) is 8.92. The second kappa shape index (κ2) is 6.70. The number of fused-ring (bicyclic) bond motifs is 1. The number of ether oxygens (including phenoxy) is 1. The van der Waals surface area contributed by atoms with Crippen molar-refractivity contribution in [2.75, 3.05) is 7.11 Å². The highest BCUT2D eigenvalue weighted by Gasteiger charge is 2.10. The van der Waals surface area contributed by atoms with E-state index in [1.54, 1.807) is 19.6 Å². The van der Waals surface area contributed by atoms with Gasteiger partial charge in [-0.15, -0.1) is 0 Å². The van der Waals surface area contributed by atoms with Gasteiger partial charge in [0.15, 0.2) is 0 Å². The summed E-state index contributed by atoms with van der Waals surface area (Å²) in [5.41, 5.74) is 6.94. The van der Waals surface area contributed by atoms with Gasteiger partial charge in [0.2, 0.25) is 0 Å². The van der Waals surface area contributed by atoms with Gasteiger partial charge in [-0.2, -0.15) is 0 Å². The Bertz CT molecular complexity index is 1260. The monoisotopic (exact) mass is 367 g/mol. The van der Waals surface area contributed by atoms with Gasteiger partial charge in [-0.05, 0) is 53.6 Å². The molecule has 0 fully saturated rings. The molecule has 5 rings (SSSR count). The van der Waals surface area contributed by atoms with Crippen molar-refractivity contribution >= 4 is 5.65 Å². The number of pyridine rings is 2. The van der Waals surface area contributed by atoms with Crippen molar-refractivity contribution in [2.45, 2.75) is 0 Å². The smallest absolute Gasteiger partial charge is 0.137 e. The zero-order valence-corrected chi connectivity index (χ0v) is 15.2. The summed E-state index contributed by atoms with van der Waals surface area (Å²) in [6.45, 7) is 0. The highest BCUT2D eigenvalue weighted by molar-refractivity contribution is 5.72. The van der Waals surface area contributed by atoms with Gasteiger partial charge in [0.1, 0.15) is 11.4 Å². The Morgan fingerprint density at radius 1 is 0.893 bits per heavy atom. The average Bonchev–Trinajstić information content (AvgIpc) is 3.43. The van der Waals surface area contributed by atoms with Crippen molar-refractivity contribution in [1.29, 1.82) is 0 Å². The van der Waals surface area contributed by atoms with Crippen LogP contribution < -0.4 is 4.74 Å². The SMILES string of the molecule is COc1cccc(-c2ccc3ncc(-c4ccnc(-c5ccoc5)c4)n3c2)c1. The third-order valence-electron chi connectivity index (χ3n) is 4.78. The standard InChI is InChI=1S/C23H17N3O2/c1-27-20-4-2-3-16(11-20)18-5-6-23-25-13-22(26(23)14-18)17-7-9-24-21(12-17)19-8-10-28-15-19/h2-15H,1H3. The van der Waals surface area contributed by atoms with E-state index in [0.717, 1.165) is 45.0 Å². The van der Waals surface area contributed by atoms with E-state index >= 15 is 0 Å². The van der Waals surface area contributed by atoms with Gasteiger partial charge < -0.3 is 9.15 Å². The molecule has 0 atom stereocenters. The number of furan rings is 1. The third kappa shape index (κ3) is 2.83. The van der Waals surface area contributed by atoms with E-state index in [-0.39, 0.29) is 0 Å². The van der Waals surface area contributed by atoms with Gasteiger partial charge >= 0.3 is 0 Å². The lowest BCUT2D eigenvalue weighted by Crippen LogP contribution is -1.91. The van der Waals surface area contributed by atoms with Crippen molar-refractivity contribution in [3.05, 3.63) is 85.7 Å². The van der Waals surface area contributed by atoms with Crippen molar-refractivity contribution in [1.82, 2.24) is 14.4 Å². The topological polar surface area (TPSA) is 52.6 Å². The molecule has 4 aromatic heterocycles. The quantitative estimate of drug-likeness (QED) is 0.431. The summed E-state index contributed by atoms with van der Waals surface area (Å²) in [4.78, 5) is 9.01. The van der Waals surface area contributed by atoms with Crippen LogP contribution in [0, 0.1) is 0 Å². The number of nitrogens with zero attached hydrogens (tertiary/aromatic N) is 3. The second-order valence-corrected chi connectivity index (χ2v) is 6.46. The van der Waals surface area contributed by atoms with Crippen molar-refractivity contribution in [3.63, 3.8) is 0 Å². The molecule has 0 unspecified atom stereocenters. The predicted molar refractivity (Wildman–Crippen MR) is 108 cm³/mol. The van der Waals surface area contributed by atoms with Crippen LogP contribution >= 0.6 is 0 Å². The summed E-state index contributed by atoms with van der Waals surface area (Å²) in [6, 6.07) is 18.1. The molecule has 0 spiro atoms. The predicted octanol–water partition coefficient (Wildman–Crippen LogP) is 5.33. The number of benzene rings is 1. The van der Waals surface area contributed by atoms with E-state index in [9.17, 15) is 0 Å². The Labute approximate surface area is 161 Å². The summed E-state index contributed by atoms with van der Waals surface area (Å²) in [7, 11) is 1.68. The van der Waals surface area contributed by atoms with Crippen LogP contribution in [0.2, 0.25) is 0 Å². The lowest BCUT2D eigenvalue weighted by atomic mass is 10.1.